The van der Waals surface area contributed by atoms with E-state index in [-0.39, 0.29) is 29.7 Å². The second-order valence-corrected chi connectivity index (χ2v) is 12.9. The summed E-state index contributed by atoms with van der Waals surface area (Å²) in [4.78, 5) is 5.26. The number of fused-ring (bicyclic) bond motifs is 1. The standard InChI is InChI=1S/C29H33N5O4S/c1-19-5-10-24(11-6-19)39(35,36)38-18-20-14-23(15-20)33-17-25(28(32-33)21-7-8-21)26-12-9-22-16-30-34(29(22)31-26)27-4-2-3-13-37-27/h5-6,9-12,16-17,20-21,23,27H,2-4,7-8,13-15,18H2,1H3/t20-,23-,27?. The number of benzene rings is 1. The van der Waals surface area contributed by atoms with E-state index in [0.29, 0.717) is 5.92 Å². The molecule has 3 fully saturated rings. The molecule has 0 amide bonds. The van der Waals surface area contributed by atoms with Crippen molar-refractivity contribution in [3.8, 4) is 11.3 Å². The molecule has 1 saturated heterocycles. The predicted molar refractivity (Wildman–Crippen MR) is 146 cm³/mol. The van der Waals surface area contributed by atoms with E-state index < -0.39 is 10.1 Å². The van der Waals surface area contributed by atoms with Gasteiger partial charge in [-0.2, -0.15) is 18.6 Å². The van der Waals surface area contributed by atoms with Gasteiger partial charge in [0.15, 0.2) is 11.9 Å². The van der Waals surface area contributed by atoms with Crippen LogP contribution in [0.3, 0.4) is 0 Å². The molecule has 1 aliphatic heterocycles. The van der Waals surface area contributed by atoms with Crippen molar-refractivity contribution in [1.29, 1.82) is 0 Å². The lowest BCUT2D eigenvalue weighted by Crippen LogP contribution is -2.31. The van der Waals surface area contributed by atoms with E-state index in [4.69, 9.17) is 19.0 Å². The highest BCUT2D eigenvalue weighted by Gasteiger charge is 2.36. The highest BCUT2D eigenvalue weighted by atomic mass is 32.2. The maximum Gasteiger partial charge on any atom is 0.296 e. The van der Waals surface area contributed by atoms with Crippen molar-refractivity contribution in [3.63, 3.8) is 0 Å². The second kappa shape index (κ2) is 9.83. The molecule has 204 valence electrons. The Morgan fingerprint density at radius 3 is 2.62 bits per heavy atom. The summed E-state index contributed by atoms with van der Waals surface area (Å²) < 4.78 is 40.5. The average molecular weight is 548 g/mol. The molecule has 0 bridgehead atoms. The number of nitrogens with zero attached hydrogens (tertiary/aromatic N) is 5. The maximum atomic E-state index is 12.6. The molecule has 0 radical (unpaired) electrons. The summed E-state index contributed by atoms with van der Waals surface area (Å²) in [5.41, 5.74) is 4.97. The fourth-order valence-corrected chi connectivity index (χ4v) is 6.64. The second-order valence-electron chi connectivity index (χ2n) is 11.2. The molecular formula is C29H33N5O4S. The molecule has 3 aromatic heterocycles. The zero-order chi connectivity index (χ0) is 26.6. The van der Waals surface area contributed by atoms with Gasteiger partial charge in [0.2, 0.25) is 0 Å². The number of aromatic nitrogens is 5. The van der Waals surface area contributed by atoms with Gasteiger partial charge in [0.25, 0.3) is 10.1 Å². The quantitative estimate of drug-likeness (QED) is 0.267. The van der Waals surface area contributed by atoms with Gasteiger partial charge in [-0.15, -0.1) is 0 Å². The number of rotatable bonds is 8. The lowest BCUT2D eigenvalue weighted by atomic mass is 9.81. The number of hydrogen-bond acceptors (Lipinski definition) is 7. The maximum absolute atomic E-state index is 12.6. The van der Waals surface area contributed by atoms with Crippen LogP contribution in [-0.2, 0) is 19.0 Å². The Morgan fingerprint density at radius 1 is 1.05 bits per heavy atom. The summed E-state index contributed by atoms with van der Waals surface area (Å²) >= 11 is 0. The first-order valence-corrected chi connectivity index (χ1v) is 15.4. The van der Waals surface area contributed by atoms with Gasteiger partial charge in [-0.05, 0) is 82.1 Å². The van der Waals surface area contributed by atoms with E-state index in [2.05, 4.69) is 28.1 Å². The van der Waals surface area contributed by atoms with Gasteiger partial charge < -0.3 is 4.74 Å². The van der Waals surface area contributed by atoms with Gasteiger partial charge >= 0.3 is 0 Å². The topological polar surface area (TPSA) is 101 Å². The average Bonchev–Trinajstić information content (AvgIpc) is 3.53. The lowest BCUT2D eigenvalue weighted by molar-refractivity contribution is -0.0370. The Labute approximate surface area is 228 Å². The van der Waals surface area contributed by atoms with Crippen LogP contribution in [0.15, 0.2) is 53.7 Å². The molecule has 3 aliphatic rings. The van der Waals surface area contributed by atoms with E-state index in [9.17, 15) is 8.42 Å². The molecule has 2 saturated carbocycles. The van der Waals surface area contributed by atoms with Crippen molar-refractivity contribution in [3.05, 3.63) is 60.0 Å². The molecule has 0 spiro atoms. The SMILES string of the molecule is Cc1ccc(S(=O)(=O)OC[C@H]2C[C@H](n3cc(-c4ccc5cnn(C6CCCCO6)c5n4)c(C4CC4)n3)C2)cc1. The highest BCUT2D eigenvalue weighted by molar-refractivity contribution is 7.86. The Kier molecular flexibility index (Phi) is 6.28. The van der Waals surface area contributed by atoms with Gasteiger partial charge in [0.05, 0.1) is 35.1 Å². The van der Waals surface area contributed by atoms with Gasteiger partial charge in [-0.25, -0.2) is 9.67 Å². The van der Waals surface area contributed by atoms with E-state index in [0.717, 1.165) is 85.1 Å². The predicted octanol–water partition coefficient (Wildman–Crippen LogP) is 5.54. The smallest absolute Gasteiger partial charge is 0.296 e. The van der Waals surface area contributed by atoms with Crippen LogP contribution in [0.25, 0.3) is 22.3 Å². The Hall–Kier alpha value is -3.08. The minimum atomic E-state index is -3.74. The van der Waals surface area contributed by atoms with Crippen molar-refractivity contribution in [2.75, 3.05) is 13.2 Å². The van der Waals surface area contributed by atoms with Crippen molar-refractivity contribution in [1.82, 2.24) is 24.5 Å². The number of hydrogen-bond donors (Lipinski definition) is 0. The zero-order valence-corrected chi connectivity index (χ0v) is 22.9. The van der Waals surface area contributed by atoms with Crippen LogP contribution in [0.4, 0.5) is 0 Å². The fourth-order valence-electron chi connectivity index (χ4n) is 5.66. The van der Waals surface area contributed by atoms with Crippen LogP contribution in [0.1, 0.15) is 74.4 Å². The Balaban J connectivity index is 1.07. The minimum Gasteiger partial charge on any atom is -0.356 e. The van der Waals surface area contributed by atoms with Crippen molar-refractivity contribution in [2.24, 2.45) is 5.92 Å². The van der Waals surface area contributed by atoms with E-state index in [1.54, 1.807) is 24.3 Å². The molecule has 1 atom stereocenters. The molecule has 10 heteroatoms. The van der Waals surface area contributed by atoms with Crippen LogP contribution in [0, 0.1) is 12.8 Å². The molecule has 1 aromatic carbocycles. The fraction of sp³-hybridized carbons (Fsp3) is 0.483. The molecule has 0 N–H and O–H groups in total. The van der Waals surface area contributed by atoms with Crippen LogP contribution in [0.5, 0.6) is 0 Å². The van der Waals surface area contributed by atoms with Crippen LogP contribution in [-0.4, -0.2) is 46.2 Å². The third-order valence-corrected chi connectivity index (χ3v) is 9.52. The summed E-state index contributed by atoms with van der Waals surface area (Å²) in [5.74, 6) is 0.663. The first-order chi connectivity index (χ1) is 18.9. The number of aryl methyl sites for hydroxylation is 1. The zero-order valence-electron chi connectivity index (χ0n) is 22.1. The van der Waals surface area contributed by atoms with Crippen molar-refractivity contribution in [2.45, 2.75) is 75.0 Å². The summed E-state index contributed by atoms with van der Waals surface area (Å²) in [6.07, 6.45) is 11.1. The van der Waals surface area contributed by atoms with Gasteiger partial charge in [0.1, 0.15) is 0 Å². The molecule has 4 aromatic rings. The number of pyridine rings is 1. The largest absolute Gasteiger partial charge is 0.356 e. The molecule has 1 unspecified atom stereocenters. The van der Waals surface area contributed by atoms with Crippen molar-refractivity contribution >= 4 is 21.2 Å². The minimum absolute atomic E-state index is 0.0615. The first kappa shape index (κ1) is 24.9. The Morgan fingerprint density at radius 2 is 1.87 bits per heavy atom. The van der Waals surface area contributed by atoms with Crippen LogP contribution in [0.2, 0.25) is 0 Å². The third kappa shape index (κ3) is 4.90. The summed E-state index contributed by atoms with van der Waals surface area (Å²) in [6, 6.07) is 11.1. The normalized spacial score (nSPS) is 23.7. The Bertz CT molecular complexity index is 1590. The lowest BCUT2D eigenvalue weighted by Gasteiger charge is -2.34. The van der Waals surface area contributed by atoms with Gasteiger partial charge in [0, 0.05) is 29.7 Å². The van der Waals surface area contributed by atoms with Gasteiger partial charge in [-0.3, -0.25) is 8.86 Å². The van der Waals surface area contributed by atoms with Gasteiger partial charge in [-0.1, -0.05) is 17.7 Å². The summed E-state index contributed by atoms with van der Waals surface area (Å²) in [7, 11) is -3.74. The van der Waals surface area contributed by atoms with Crippen LogP contribution >= 0.6 is 0 Å². The summed E-state index contributed by atoms with van der Waals surface area (Å²) in [5, 5.41) is 10.6. The molecule has 4 heterocycles. The molecule has 39 heavy (non-hydrogen) atoms. The van der Waals surface area contributed by atoms with E-state index in [1.807, 2.05) is 17.8 Å². The monoisotopic (exact) mass is 547 g/mol. The third-order valence-electron chi connectivity index (χ3n) is 8.23. The number of ether oxygens (including phenoxy) is 1. The highest BCUT2D eigenvalue weighted by Crippen LogP contribution is 2.46. The molecule has 2 aliphatic carbocycles. The van der Waals surface area contributed by atoms with Crippen molar-refractivity contribution < 1.29 is 17.3 Å². The van der Waals surface area contributed by atoms with E-state index in [1.165, 1.54) is 0 Å². The molecule has 7 rings (SSSR count). The van der Waals surface area contributed by atoms with E-state index >= 15 is 0 Å². The van der Waals surface area contributed by atoms with Crippen LogP contribution < -0.4 is 0 Å². The first-order valence-electron chi connectivity index (χ1n) is 14.0. The summed E-state index contributed by atoms with van der Waals surface area (Å²) in [6.45, 7) is 2.88. The molecule has 9 nitrogen and oxygen atoms in total. The molecular weight excluding hydrogens is 514 g/mol.